The summed E-state index contributed by atoms with van der Waals surface area (Å²) in [7, 11) is 1.83. The van der Waals surface area contributed by atoms with Crippen molar-refractivity contribution >= 4 is 22.9 Å². The minimum absolute atomic E-state index is 0.00533. The topological polar surface area (TPSA) is 113 Å². The number of H-pyrrole nitrogens is 1. The zero-order chi connectivity index (χ0) is 15.5. The van der Waals surface area contributed by atoms with E-state index in [9.17, 15) is 4.79 Å². The molecule has 2 aromatic rings. The molecule has 2 heterocycles. The average Bonchev–Trinajstić information content (AvgIpc) is 2.97. The first-order valence-corrected chi connectivity index (χ1v) is 7.53. The lowest BCUT2D eigenvalue weighted by Crippen LogP contribution is -2.44. The second-order valence-electron chi connectivity index (χ2n) is 5.83. The molecule has 0 spiro atoms. The summed E-state index contributed by atoms with van der Waals surface area (Å²) in [6.07, 6.45) is 6.88. The SMILES string of the molecule is CN(CC(=O)NC1CCC(N)CC1)c1ncnc2nc[nH]c12. The molecule has 1 aliphatic carbocycles. The summed E-state index contributed by atoms with van der Waals surface area (Å²) in [5.41, 5.74) is 7.22. The van der Waals surface area contributed by atoms with E-state index < -0.39 is 0 Å². The van der Waals surface area contributed by atoms with Crippen LogP contribution in [0, 0.1) is 0 Å². The third-order valence-electron chi connectivity index (χ3n) is 4.08. The summed E-state index contributed by atoms with van der Waals surface area (Å²) < 4.78 is 0. The van der Waals surface area contributed by atoms with E-state index >= 15 is 0 Å². The molecular weight excluding hydrogens is 282 g/mol. The Morgan fingerprint density at radius 2 is 2.14 bits per heavy atom. The zero-order valence-electron chi connectivity index (χ0n) is 12.6. The van der Waals surface area contributed by atoms with Gasteiger partial charge in [0, 0.05) is 19.1 Å². The maximum Gasteiger partial charge on any atom is 0.239 e. The highest BCUT2D eigenvalue weighted by atomic mass is 16.2. The Labute approximate surface area is 128 Å². The van der Waals surface area contributed by atoms with Gasteiger partial charge < -0.3 is 20.9 Å². The first-order valence-electron chi connectivity index (χ1n) is 7.53. The standard InChI is InChI=1S/C14H21N7O/c1-21(14-12-13(17-7-16-12)18-8-19-14)6-11(22)20-10-4-2-9(15)3-5-10/h7-10H,2-6,15H2,1H3,(H,20,22)(H,16,17,18,19). The van der Waals surface area contributed by atoms with E-state index in [1.807, 2.05) is 7.05 Å². The highest BCUT2D eigenvalue weighted by Gasteiger charge is 2.21. The first kappa shape index (κ1) is 14.7. The summed E-state index contributed by atoms with van der Waals surface area (Å²) >= 11 is 0. The van der Waals surface area contributed by atoms with E-state index in [4.69, 9.17) is 5.73 Å². The number of hydrogen-bond acceptors (Lipinski definition) is 6. The number of anilines is 1. The molecule has 118 valence electrons. The number of rotatable bonds is 4. The van der Waals surface area contributed by atoms with Gasteiger partial charge in [-0.1, -0.05) is 0 Å². The lowest BCUT2D eigenvalue weighted by molar-refractivity contribution is -0.120. The fraction of sp³-hybridized carbons (Fsp3) is 0.571. The maximum atomic E-state index is 12.2. The number of aromatic amines is 1. The van der Waals surface area contributed by atoms with Crippen LogP contribution in [0.5, 0.6) is 0 Å². The smallest absolute Gasteiger partial charge is 0.239 e. The Morgan fingerprint density at radius 1 is 1.36 bits per heavy atom. The second-order valence-corrected chi connectivity index (χ2v) is 5.83. The Bertz CT molecular complexity index is 647. The molecule has 0 aromatic carbocycles. The van der Waals surface area contributed by atoms with Crippen LogP contribution in [0.15, 0.2) is 12.7 Å². The van der Waals surface area contributed by atoms with Gasteiger partial charge in [0.2, 0.25) is 5.91 Å². The van der Waals surface area contributed by atoms with Crippen molar-refractivity contribution in [1.82, 2.24) is 25.3 Å². The van der Waals surface area contributed by atoms with Gasteiger partial charge >= 0.3 is 0 Å². The number of likely N-dealkylation sites (N-methyl/N-ethyl adjacent to an activating group) is 1. The molecule has 1 saturated carbocycles. The number of nitrogens with zero attached hydrogens (tertiary/aromatic N) is 4. The predicted molar refractivity (Wildman–Crippen MR) is 83.3 cm³/mol. The van der Waals surface area contributed by atoms with Crippen molar-refractivity contribution in [3.63, 3.8) is 0 Å². The highest BCUT2D eigenvalue weighted by Crippen LogP contribution is 2.19. The molecule has 0 saturated heterocycles. The molecule has 0 radical (unpaired) electrons. The lowest BCUT2D eigenvalue weighted by Gasteiger charge is -2.27. The number of carbonyl (C=O) groups is 1. The number of aromatic nitrogens is 4. The Kier molecular flexibility index (Phi) is 4.19. The van der Waals surface area contributed by atoms with Gasteiger partial charge in [0.05, 0.1) is 12.9 Å². The number of carbonyl (C=O) groups excluding carboxylic acids is 1. The Balaban J connectivity index is 1.60. The van der Waals surface area contributed by atoms with E-state index in [-0.39, 0.29) is 24.5 Å². The minimum Gasteiger partial charge on any atom is -0.352 e. The van der Waals surface area contributed by atoms with Gasteiger partial charge in [-0.25, -0.2) is 15.0 Å². The van der Waals surface area contributed by atoms with E-state index in [0.29, 0.717) is 11.5 Å². The summed E-state index contributed by atoms with van der Waals surface area (Å²) in [5.74, 6) is 0.664. The molecule has 3 rings (SSSR count). The van der Waals surface area contributed by atoms with Gasteiger partial charge in [-0.15, -0.1) is 0 Å². The second kappa shape index (κ2) is 6.27. The van der Waals surface area contributed by atoms with Crippen molar-refractivity contribution in [2.45, 2.75) is 37.8 Å². The van der Waals surface area contributed by atoms with E-state index in [2.05, 4.69) is 25.3 Å². The highest BCUT2D eigenvalue weighted by molar-refractivity contribution is 5.87. The molecule has 0 aliphatic heterocycles. The van der Waals surface area contributed by atoms with Gasteiger partial charge in [-0.3, -0.25) is 4.79 Å². The third-order valence-corrected chi connectivity index (χ3v) is 4.08. The number of nitrogens with one attached hydrogen (secondary N) is 2. The van der Waals surface area contributed by atoms with E-state index in [1.54, 1.807) is 11.2 Å². The summed E-state index contributed by atoms with van der Waals surface area (Å²) in [6, 6.07) is 0.517. The molecule has 8 nitrogen and oxygen atoms in total. The van der Waals surface area contributed by atoms with Gasteiger partial charge in [-0.05, 0) is 25.7 Å². The van der Waals surface area contributed by atoms with Gasteiger partial charge in [-0.2, -0.15) is 0 Å². The van der Waals surface area contributed by atoms with Crippen molar-refractivity contribution in [2.24, 2.45) is 5.73 Å². The summed E-state index contributed by atoms with van der Waals surface area (Å²) in [5, 5.41) is 3.08. The Hall–Kier alpha value is -2.22. The maximum absolute atomic E-state index is 12.2. The molecule has 1 fully saturated rings. The number of nitrogens with two attached hydrogens (primary N) is 1. The monoisotopic (exact) mass is 303 g/mol. The number of hydrogen-bond donors (Lipinski definition) is 3. The van der Waals surface area contributed by atoms with E-state index in [0.717, 1.165) is 31.2 Å². The quantitative estimate of drug-likeness (QED) is 0.742. The van der Waals surface area contributed by atoms with Crippen molar-refractivity contribution in [3.05, 3.63) is 12.7 Å². The average molecular weight is 303 g/mol. The molecule has 1 aliphatic rings. The fourth-order valence-corrected chi connectivity index (χ4v) is 2.87. The molecule has 8 heteroatoms. The molecule has 1 amide bonds. The van der Waals surface area contributed by atoms with Crippen LogP contribution in [0.1, 0.15) is 25.7 Å². The van der Waals surface area contributed by atoms with Crippen LogP contribution in [0.4, 0.5) is 5.82 Å². The number of amides is 1. The minimum atomic E-state index is -0.00533. The van der Waals surface area contributed by atoms with Crippen LogP contribution in [-0.4, -0.2) is 51.5 Å². The zero-order valence-corrected chi connectivity index (χ0v) is 12.6. The molecular formula is C14H21N7O. The van der Waals surface area contributed by atoms with Crippen LogP contribution in [0.2, 0.25) is 0 Å². The first-order chi connectivity index (χ1) is 10.6. The van der Waals surface area contributed by atoms with Crippen molar-refractivity contribution in [2.75, 3.05) is 18.5 Å². The molecule has 0 unspecified atom stereocenters. The number of imidazole rings is 1. The summed E-state index contributed by atoms with van der Waals surface area (Å²) in [4.78, 5) is 29.4. The molecule has 22 heavy (non-hydrogen) atoms. The third kappa shape index (κ3) is 3.16. The van der Waals surface area contributed by atoms with Crippen molar-refractivity contribution in [3.8, 4) is 0 Å². The number of fused-ring (bicyclic) bond motifs is 1. The van der Waals surface area contributed by atoms with Crippen molar-refractivity contribution < 1.29 is 4.79 Å². The van der Waals surface area contributed by atoms with Crippen LogP contribution in [0.25, 0.3) is 11.2 Å². The molecule has 2 aromatic heterocycles. The van der Waals surface area contributed by atoms with Gasteiger partial charge in [0.1, 0.15) is 11.8 Å². The lowest BCUT2D eigenvalue weighted by atomic mass is 9.92. The molecule has 4 N–H and O–H groups in total. The van der Waals surface area contributed by atoms with Gasteiger partial charge in [0.15, 0.2) is 11.5 Å². The Morgan fingerprint density at radius 3 is 2.91 bits per heavy atom. The van der Waals surface area contributed by atoms with Gasteiger partial charge in [0.25, 0.3) is 0 Å². The predicted octanol–water partition coefficient (Wildman–Crippen LogP) is 0.175. The van der Waals surface area contributed by atoms with Crippen molar-refractivity contribution in [1.29, 1.82) is 0 Å². The van der Waals surface area contributed by atoms with Crippen LogP contribution >= 0.6 is 0 Å². The van der Waals surface area contributed by atoms with E-state index in [1.165, 1.54) is 6.33 Å². The largest absolute Gasteiger partial charge is 0.352 e. The molecule has 0 atom stereocenters. The van der Waals surface area contributed by atoms with Crippen LogP contribution in [0.3, 0.4) is 0 Å². The summed E-state index contributed by atoms with van der Waals surface area (Å²) in [6.45, 7) is 0.244. The molecule has 0 bridgehead atoms. The van der Waals surface area contributed by atoms with Crippen LogP contribution in [-0.2, 0) is 4.79 Å². The fourth-order valence-electron chi connectivity index (χ4n) is 2.87. The normalized spacial score (nSPS) is 21.7. The van der Waals surface area contributed by atoms with Crippen LogP contribution < -0.4 is 16.0 Å².